The highest BCUT2D eigenvalue weighted by Crippen LogP contribution is 2.25. The molecule has 1 amide bonds. The fraction of sp³-hybridized carbons (Fsp3) is 0.208. The van der Waals surface area contributed by atoms with Gasteiger partial charge in [0.1, 0.15) is 0 Å². The van der Waals surface area contributed by atoms with E-state index in [4.69, 9.17) is 0 Å². The number of amides is 1. The lowest BCUT2D eigenvalue weighted by atomic mass is 9.97. The van der Waals surface area contributed by atoms with E-state index in [1.807, 2.05) is 73.8 Å². The van der Waals surface area contributed by atoms with Crippen LogP contribution >= 0.6 is 0 Å². The smallest absolute Gasteiger partial charge is 0.226 e. The van der Waals surface area contributed by atoms with Crippen LogP contribution in [0.4, 0.5) is 0 Å². The number of aliphatic hydroxyl groups is 1. The molecule has 0 saturated carbocycles. The lowest BCUT2D eigenvalue weighted by Gasteiger charge is -2.18. The fourth-order valence-corrected chi connectivity index (χ4v) is 3.16. The monoisotopic (exact) mass is 359 g/mol. The van der Waals surface area contributed by atoms with Crippen molar-refractivity contribution >= 4 is 5.91 Å². The molecule has 0 bridgehead atoms. The standard InChI is InChI=1S/C24H25NO2/c1-25(15-14-19-8-4-2-5-9-19)24(27)17-20-12-13-23(22(16-20)18-26)21-10-6-3-7-11-21/h2-13,16,26H,14-15,17-18H2,1H3. The molecule has 0 heterocycles. The van der Waals surface area contributed by atoms with Crippen LogP contribution in [0.5, 0.6) is 0 Å². The van der Waals surface area contributed by atoms with Gasteiger partial charge in [0.15, 0.2) is 0 Å². The largest absolute Gasteiger partial charge is 0.392 e. The minimum atomic E-state index is -0.0455. The van der Waals surface area contributed by atoms with Gasteiger partial charge in [-0.2, -0.15) is 0 Å². The van der Waals surface area contributed by atoms with Crippen LogP contribution in [0.15, 0.2) is 78.9 Å². The first kappa shape index (κ1) is 18.9. The molecule has 0 saturated heterocycles. The van der Waals surface area contributed by atoms with Crippen molar-refractivity contribution in [3.8, 4) is 11.1 Å². The zero-order chi connectivity index (χ0) is 19.1. The van der Waals surface area contributed by atoms with Crippen molar-refractivity contribution in [1.82, 2.24) is 4.90 Å². The van der Waals surface area contributed by atoms with Crippen molar-refractivity contribution in [2.75, 3.05) is 13.6 Å². The molecule has 0 aliphatic carbocycles. The summed E-state index contributed by atoms with van der Waals surface area (Å²) in [5, 5.41) is 9.76. The Hall–Kier alpha value is -2.91. The zero-order valence-electron chi connectivity index (χ0n) is 15.6. The summed E-state index contributed by atoms with van der Waals surface area (Å²) in [7, 11) is 1.84. The summed E-state index contributed by atoms with van der Waals surface area (Å²) in [4.78, 5) is 14.3. The van der Waals surface area contributed by atoms with Crippen LogP contribution in [0.25, 0.3) is 11.1 Å². The minimum absolute atomic E-state index is 0.0455. The molecule has 138 valence electrons. The molecule has 3 rings (SSSR count). The summed E-state index contributed by atoms with van der Waals surface area (Å²) in [5.74, 6) is 0.0854. The molecule has 27 heavy (non-hydrogen) atoms. The van der Waals surface area contributed by atoms with E-state index in [9.17, 15) is 9.90 Å². The SMILES string of the molecule is CN(CCc1ccccc1)C(=O)Cc1ccc(-c2ccccc2)c(CO)c1. The van der Waals surface area contributed by atoms with E-state index in [0.717, 1.165) is 28.7 Å². The highest BCUT2D eigenvalue weighted by Gasteiger charge is 2.12. The second-order valence-electron chi connectivity index (χ2n) is 6.74. The van der Waals surface area contributed by atoms with E-state index < -0.39 is 0 Å². The van der Waals surface area contributed by atoms with E-state index in [1.54, 1.807) is 4.90 Å². The Balaban J connectivity index is 1.65. The number of aliphatic hydroxyl groups excluding tert-OH is 1. The van der Waals surface area contributed by atoms with Crippen molar-refractivity contribution in [1.29, 1.82) is 0 Å². The maximum Gasteiger partial charge on any atom is 0.226 e. The molecule has 0 aromatic heterocycles. The Morgan fingerprint density at radius 3 is 2.22 bits per heavy atom. The molecular weight excluding hydrogens is 334 g/mol. The van der Waals surface area contributed by atoms with Gasteiger partial charge in [-0.25, -0.2) is 0 Å². The van der Waals surface area contributed by atoms with E-state index in [1.165, 1.54) is 5.56 Å². The maximum atomic E-state index is 12.6. The van der Waals surface area contributed by atoms with Gasteiger partial charge in [-0.1, -0.05) is 78.9 Å². The molecule has 0 aliphatic heterocycles. The Labute approximate surface area is 160 Å². The van der Waals surface area contributed by atoms with Crippen molar-refractivity contribution in [3.05, 3.63) is 95.6 Å². The average molecular weight is 359 g/mol. The van der Waals surface area contributed by atoms with Crippen molar-refractivity contribution < 1.29 is 9.90 Å². The summed E-state index contributed by atoms with van der Waals surface area (Å²) < 4.78 is 0. The van der Waals surface area contributed by atoms with Gasteiger partial charge in [0, 0.05) is 13.6 Å². The third-order valence-electron chi connectivity index (χ3n) is 4.78. The third kappa shape index (κ3) is 5.05. The second kappa shape index (κ2) is 9.15. The molecule has 1 N–H and O–H groups in total. The molecule has 3 aromatic carbocycles. The van der Waals surface area contributed by atoms with Crippen LogP contribution < -0.4 is 0 Å². The topological polar surface area (TPSA) is 40.5 Å². The number of carbonyl (C=O) groups excluding carboxylic acids is 1. The number of benzene rings is 3. The molecule has 3 heteroatoms. The molecule has 3 nitrogen and oxygen atoms in total. The van der Waals surface area contributed by atoms with Crippen LogP contribution in [-0.2, 0) is 24.2 Å². The summed E-state index contributed by atoms with van der Waals surface area (Å²) in [6, 6.07) is 26.1. The first-order chi connectivity index (χ1) is 13.2. The Kier molecular flexibility index (Phi) is 6.39. The van der Waals surface area contributed by atoms with Crippen LogP contribution in [-0.4, -0.2) is 29.5 Å². The lowest BCUT2D eigenvalue weighted by Crippen LogP contribution is -2.30. The molecule has 0 spiro atoms. The van der Waals surface area contributed by atoms with Crippen LogP contribution in [0.1, 0.15) is 16.7 Å². The lowest BCUT2D eigenvalue weighted by molar-refractivity contribution is -0.129. The number of hydrogen-bond acceptors (Lipinski definition) is 2. The first-order valence-corrected chi connectivity index (χ1v) is 9.23. The predicted molar refractivity (Wildman–Crippen MR) is 109 cm³/mol. The van der Waals surface area contributed by atoms with Gasteiger partial charge in [-0.05, 0) is 34.2 Å². The zero-order valence-corrected chi connectivity index (χ0v) is 15.6. The predicted octanol–water partition coefficient (Wildman–Crippen LogP) is 4.09. The van der Waals surface area contributed by atoms with Crippen molar-refractivity contribution in [2.24, 2.45) is 0 Å². The summed E-state index contributed by atoms with van der Waals surface area (Å²) in [6.07, 6.45) is 1.19. The highest BCUT2D eigenvalue weighted by atomic mass is 16.3. The van der Waals surface area contributed by atoms with Gasteiger partial charge in [0.25, 0.3) is 0 Å². The number of nitrogens with zero attached hydrogens (tertiary/aromatic N) is 1. The van der Waals surface area contributed by atoms with E-state index in [0.29, 0.717) is 13.0 Å². The van der Waals surface area contributed by atoms with E-state index in [-0.39, 0.29) is 12.5 Å². The van der Waals surface area contributed by atoms with E-state index >= 15 is 0 Å². The molecule has 0 fully saturated rings. The maximum absolute atomic E-state index is 12.6. The number of hydrogen-bond donors (Lipinski definition) is 1. The van der Waals surface area contributed by atoms with Gasteiger partial charge >= 0.3 is 0 Å². The molecule has 0 unspecified atom stereocenters. The second-order valence-corrected chi connectivity index (χ2v) is 6.74. The summed E-state index contributed by atoms with van der Waals surface area (Å²) >= 11 is 0. The molecule has 0 aliphatic rings. The average Bonchev–Trinajstić information content (AvgIpc) is 2.73. The molecule has 0 radical (unpaired) electrons. The summed E-state index contributed by atoms with van der Waals surface area (Å²) in [5.41, 5.74) is 5.08. The number of rotatable bonds is 7. The fourth-order valence-electron chi connectivity index (χ4n) is 3.16. The van der Waals surface area contributed by atoms with Gasteiger partial charge in [-0.15, -0.1) is 0 Å². The van der Waals surface area contributed by atoms with Gasteiger partial charge in [-0.3, -0.25) is 4.79 Å². The van der Waals surface area contributed by atoms with Crippen LogP contribution in [0.3, 0.4) is 0 Å². The summed E-state index contributed by atoms with van der Waals surface area (Å²) in [6.45, 7) is 0.647. The molecule has 3 aromatic rings. The normalized spacial score (nSPS) is 10.6. The highest BCUT2D eigenvalue weighted by molar-refractivity contribution is 5.79. The van der Waals surface area contributed by atoms with Gasteiger partial charge in [0.05, 0.1) is 13.0 Å². The quantitative estimate of drug-likeness (QED) is 0.690. The van der Waals surface area contributed by atoms with Crippen LogP contribution in [0, 0.1) is 0 Å². The van der Waals surface area contributed by atoms with E-state index in [2.05, 4.69) is 12.1 Å². The Bertz CT molecular complexity index is 875. The first-order valence-electron chi connectivity index (χ1n) is 9.23. The van der Waals surface area contributed by atoms with Crippen molar-refractivity contribution in [2.45, 2.75) is 19.4 Å². The number of carbonyl (C=O) groups is 1. The van der Waals surface area contributed by atoms with Gasteiger partial charge < -0.3 is 10.0 Å². The van der Waals surface area contributed by atoms with Crippen molar-refractivity contribution in [3.63, 3.8) is 0 Å². The Morgan fingerprint density at radius 2 is 1.56 bits per heavy atom. The molecular formula is C24H25NO2. The van der Waals surface area contributed by atoms with Crippen LogP contribution in [0.2, 0.25) is 0 Å². The Morgan fingerprint density at radius 1 is 0.889 bits per heavy atom. The van der Waals surface area contributed by atoms with Gasteiger partial charge in [0.2, 0.25) is 5.91 Å². The molecule has 0 atom stereocenters. The third-order valence-corrected chi connectivity index (χ3v) is 4.78. The minimum Gasteiger partial charge on any atom is -0.392 e. The number of likely N-dealkylation sites (N-methyl/N-ethyl adjacent to an activating group) is 1.